The summed E-state index contributed by atoms with van der Waals surface area (Å²) in [6.45, 7) is 4.80. The topological polar surface area (TPSA) is 116 Å². The molecule has 1 rings (SSSR count). The maximum absolute atomic E-state index is 11.7. The van der Waals surface area contributed by atoms with Gasteiger partial charge in [0.2, 0.25) is 0 Å². The van der Waals surface area contributed by atoms with E-state index in [0.717, 1.165) is 18.2 Å². The fourth-order valence-electron chi connectivity index (χ4n) is 1.40. The molecular weight excluding hydrogens is 296 g/mol. The molecule has 0 aliphatic carbocycles. The third-order valence-electron chi connectivity index (χ3n) is 2.35. The van der Waals surface area contributed by atoms with Crippen LogP contribution in [0.4, 0.5) is 0 Å². The lowest BCUT2D eigenvalue weighted by molar-refractivity contribution is -0.228. The van der Waals surface area contributed by atoms with Gasteiger partial charge in [-0.25, -0.2) is 29.0 Å². The molecule has 22 heavy (non-hydrogen) atoms. The molecular formula is C14H14O8. The molecule has 0 aliphatic rings. The number of esters is 1. The maximum atomic E-state index is 11.7. The van der Waals surface area contributed by atoms with Gasteiger partial charge in [0, 0.05) is 7.50 Å². The minimum Gasteiger partial charge on any atom is -0.478 e. The Morgan fingerprint density at radius 3 is 2.41 bits per heavy atom. The first-order valence-electron chi connectivity index (χ1n) is 6.00. The summed E-state index contributed by atoms with van der Waals surface area (Å²) in [7, 11) is 0. The Morgan fingerprint density at radius 1 is 1.18 bits per heavy atom. The number of benzene rings is 1. The SMILES string of the molecule is C=CC(=O)OOC(=O)c1ccc(C(=O)OCC)cc1C(=O)O.[HH]. The Labute approximate surface area is 126 Å². The van der Waals surface area contributed by atoms with E-state index in [2.05, 4.69) is 16.4 Å². The summed E-state index contributed by atoms with van der Waals surface area (Å²) in [4.78, 5) is 53.4. The molecule has 0 atom stereocenters. The molecule has 118 valence electrons. The lowest BCUT2D eigenvalue weighted by Crippen LogP contribution is -2.15. The number of carbonyl (C=O) groups is 4. The Morgan fingerprint density at radius 2 is 1.86 bits per heavy atom. The van der Waals surface area contributed by atoms with Gasteiger partial charge in [0.25, 0.3) is 0 Å². The molecule has 0 bridgehead atoms. The monoisotopic (exact) mass is 310 g/mol. The van der Waals surface area contributed by atoms with E-state index in [0.29, 0.717) is 0 Å². The highest BCUT2D eigenvalue weighted by molar-refractivity contribution is 6.04. The molecule has 8 heteroatoms. The van der Waals surface area contributed by atoms with Crippen molar-refractivity contribution in [3.63, 3.8) is 0 Å². The third kappa shape index (κ3) is 4.17. The van der Waals surface area contributed by atoms with Crippen molar-refractivity contribution in [3.8, 4) is 0 Å². The zero-order chi connectivity index (χ0) is 16.7. The summed E-state index contributed by atoms with van der Waals surface area (Å²) in [5.74, 6) is -4.42. The van der Waals surface area contributed by atoms with Crippen molar-refractivity contribution in [3.05, 3.63) is 47.5 Å². The van der Waals surface area contributed by atoms with Gasteiger partial charge in [0.05, 0.1) is 23.3 Å². The lowest BCUT2D eigenvalue weighted by Gasteiger charge is -2.07. The Balaban J connectivity index is 0.00000484. The number of carboxylic acid groups (broad SMARTS) is 1. The van der Waals surface area contributed by atoms with Crippen LogP contribution in [-0.4, -0.2) is 35.6 Å². The van der Waals surface area contributed by atoms with E-state index in [-0.39, 0.29) is 13.6 Å². The predicted molar refractivity (Wildman–Crippen MR) is 73.2 cm³/mol. The summed E-state index contributed by atoms with van der Waals surface area (Å²) >= 11 is 0. The molecule has 0 saturated carbocycles. The number of rotatable bonds is 5. The Hall–Kier alpha value is -3.16. The zero-order valence-corrected chi connectivity index (χ0v) is 11.5. The van der Waals surface area contributed by atoms with Crippen molar-refractivity contribution in [1.29, 1.82) is 0 Å². The molecule has 1 aromatic carbocycles. The van der Waals surface area contributed by atoms with Gasteiger partial charge < -0.3 is 9.84 Å². The summed E-state index contributed by atoms with van der Waals surface area (Å²) in [6, 6.07) is 3.21. The van der Waals surface area contributed by atoms with Crippen LogP contribution in [0, 0.1) is 0 Å². The largest absolute Gasteiger partial charge is 0.478 e. The molecule has 0 saturated heterocycles. The van der Waals surface area contributed by atoms with E-state index in [4.69, 9.17) is 9.84 Å². The number of carboxylic acids is 1. The van der Waals surface area contributed by atoms with Crippen molar-refractivity contribution in [1.82, 2.24) is 0 Å². The average molecular weight is 310 g/mol. The minimum absolute atomic E-state index is 0. The van der Waals surface area contributed by atoms with Crippen LogP contribution in [0.15, 0.2) is 30.9 Å². The van der Waals surface area contributed by atoms with E-state index in [1.165, 1.54) is 6.07 Å². The molecule has 0 radical (unpaired) electrons. The second-order valence-corrected chi connectivity index (χ2v) is 3.76. The first kappa shape index (κ1) is 16.9. The van der Waals surface area contributed by atoms with Crippen molar-refractivity contribution in [2.24, 2.45) is 0 Å². The van der Waals surface area contributed by atoms with Crippen LogP contribution in [0.2, 0.25) is 0 Å². The molecule has 0 fully saturated rings. The van der Waals surface area contributed by atoms with Crippen molar-refractivity contribution >= 4 is 23.9 Å². The quantitative estimate of drug-likeness (QED) is 0.377. The van der Waals surface area contributed by atoms with Gasteiger partial charge in [-0.1, -0.05) is 6.58 Å². The van der Waals surface area contributed by atoms with Gasteiger partial charge in [-0.05, 0) is 25.1 Å². The molecule has 8 nitrogen and oxygen atoms in total. The van der Waals surface area contributed by atoms with E-state index >= 15 is 0 Å². The van der Waals surface area contributed by atoms with Crippen LogP contribution in [-0.2, 0) is 19.3 Å². The van der Waals surface area contributed by atoms with Gasteiger partial charge in [-0.3, -0.25) is 0 Å². The highest BCUT2D eigenvalue weighted by Crippen LogP contribution is 2.15. The molecule has 1 N–H and O–H groups in total. The van der Waals surface area contributed by atoms with Crippen molar-refractivity contribution in [2.75, 3.05) is 6.61 Å². The second kappa shape index (κ2) is 7.58. The summed E-state index contributed by atoms with van der Waals surface area (Å²) < 4.78 is 4.73. The number of hydrogen-bond acceptors (Lipinski definition) is 7. The molecule has 0 amide bonds. The van der Waals surface area contributed by atoms with Crippen LogP contribution in [0.3, 0.4) is 0 Å². The van der Waals surface area contributed by atoms with Crippen molar-refractivity contribution in [2.45, 2.75) is 6.92 Å². The Bertz CT molecular complexity index is 638. The fourth-order valence-corrected chi connectivity index (χ4v) is 1.40. The first-order valence-corrected chi connectivity index (χ1v) is 6.00. The number of carbonyl (C=O) groups excluding carboxylic acids is 3. The lowest BCUT2D eigenvalue weighted by atomic mass is 10.0. The standard InChI is InChI=1S/C14H12O8.H2/c1-3-11(15)21-22-14(19)9-6-5-8(13(18)20-4-2)7-10(9)12(16)17;/h3,5-7H,1,4H2,2H3,(H,16,17);1H. The van der Waals surface area contributed by atoms with Crippen LogP contribution >= 0.6 is 0 Å². The minimum atomic E-state index is -1.46. The predicted octanol–water partition coefficient (Wildman–Crippen LogP) is 1.61. The van der Waals surface area contributed by atoms with Gasteiger partial charge in [0.1, 0.15) is 0 Å². The van der Waals surface area contributed by atoms with Crippen LogP contribution in [0.25, 0.3) is 0 Å². The zero-order valence-electron chi connectivity index (χ0n) is 11.5. The highest BCUT2D eigenvalue weighted by Gasteiger charge is 2.22. The number of ether oxygens (including phenoxy) is 1. The summed E-state index contributed by atoms with van der Waals surface area (Å²) in [5.41, 5.74) is -0.929. The van der Waals surface area contributed by atoms with E-state index in [1.807, 2.05) is 0 Å². The van der Waals surface area contributed by atoms with E-state index in [1.54, 1.807) is 6.92 Å². The smallest absolute Gasteiger partial charge is 0.387 e. The maximum Gasteiger partial charge on any atom is 0.387 e. The summed E-state index contributed by atoms with van der Waals surface area (Å²) in [5, 5.41) is 9.09. The van der Waals surface area contributed by atoms with Gasteiger partial charge >= 0.3 is 23.9 Å². The van der Waals surface area contributed by atoms with Crippen LogP contribution in [0.5, 0.6) is 0 Å². The number of aromatic carboxylic acids is 1. The molecule has 0 aliphatic heterocycles. The van der Waals surface area contributed by atoms with Gasteiger partial charge in [0.15, 0.2) is 0 Å². The molecule has 1 aromatic rings. The molecule has 0 aromatic heterocycles. The van der Waals surface area contributed by atoms with Crippen LogP contribution in [0.1, 0.15) is 39.4 Å². The molecule has 0 heterocycles. The normalized spacial score (nSPS) is 9.50. The van der Waals surface area contributed by atoms with Gasteiger partial charge in [-0.2, -0.15) is 0 Å². The summed E-state index contributed by atoms with van der Waals surface area (Å²) in [6.07, 6.45) is 0.759. The van der Waals surface area contributed by atoms with Gasteiger partial charge in [-0.15, -0.1) is 0 Å². The second-order valence-electron chi connectivity index (χ2n) is 3.76. The van der Waals surface area contributed by atoms with E-state index < -0.39 is 35.0 Å². The molecule has 0 spiro atoms. The van der Waals surface area contributed by atoms with E-state index in [9.17, 15) is 19.2 Å². The average Bonchev–Trinajstić information content (AvgIpc) is 2.51. The fraction of sp³-hybridized carbons (Fsp3) is 0.143. The first-order chi connectivity index (χ1) is 10.4. The van der Waals surface area contributed by atoms with Crippen LogP contribution < -0.4 is 0 Å². The highest BCUT2D eigenvalue weighted by atomic mass is 17.2. The number of hydrogen-bond donors (Lipinski definition) is 1. The molecule has 0 unspecified atom stereocenters. The Kier molecular flexibility index (Phi) is 5.82. The third-order valence-corrected chi connectivity index (χ3v) is 2.35. The van der Waals surface area contributed by atoms with Crippen molar-refractivity contribution < 1.29 is 40.2 Å².